The Balaban J connectivity index is 2.83. The standard InChI is InChI=1S/C13H10ClF3O3/c1-20-12(19)7-11(18)10(14)6-8-2-4-9(5-3-8)13(15,16)17/h2-6H,7H2,1H3/b10-6-. The minimum Gasteiger partial charge on any atom is -0.469 e. The van der Waals surface area contributed by atoms with Crippen molar-refractivity contribution < 1.29 is 27.5 Å². The molecule has 1 aromatic carbocycles. The number of alkyl halides is 3. The molecule has 0 radical (unpaired) electrons. The van der Waals surface area contributed by atoms with Gasteiger partial charge in [-0.3, -0.25) is 9.59 Å². The second-order valence-corrected chi connectivity index (χ2v) is 4.20. The second kappa shape index (κ2) is 6.56. The van der Waals surface area contributed by atoms with Gasteiger partial charge in [0.05, 0.1) is 17.7 Å². The molecule has 0 fully saturated rings. The van der Waals surface area contributed by atoms with Gasteiger partial charge in [-0.1, -0.05) is 23.7 Å². The molecule has 0 spiro atoms. The minimum atomic E-state index is -4.42. The van der Waals surface area contributed by atoms with Crippen molar-refractivity contribution in [3.05, 3.63) is 40.4 Å². The molecule has 20 heavy (non-hydrogen) atoms. The smallest absolute Gasteiger partial charge is 0.416 e. The van der Waals surface area contributed by atoms with Crippen LogP contribution in [-0.4, -0.2) is 18.9 Å². The predicted molar refractivity (Wildman–Crippen MR) is 66.9 cm³/mol. The number of benzene rings is 1. The number of ketones is 1. The molecule has 0 saturated heterocycles. The highest BCUT2D eigenvalue weighted by atomic mass is 35.5. The normalized spacial score (nSPS) is 12.2. The lowest BCUT2D eigenvalue weighted by molar-refractivity contribution is -0.142. The predicted octanol–water partition coefficient (Wildman–Crippen LogP) is 3.42. The lowest BCUT2D eigenvalue weighted by Crippen LogP contribution is -2.09. The molecule has 0 aromatic heterocycles. The fourth-order valence-corrected chi connectivity index (χ4v) is 1.48. The van der Waals surface area contributed by atoms with Crippen LogP contribution in [0.25, 0.3) is 6.08 Å². The molecule has 0 aliphatic rings. The van der Waals surface area contributed by atoms with Gasteiger partial charge in [-0.25, -0.2) is 0 Å². The van der Waals surface area contributed by atoms with E-state index in [1.807, 2.05) is 0 Å². The van der Waals surface area contributed by atoms with E-state index >= 15 is 0 Å². The number of Topliss-reactive ketones (excluding diaryl/α,β-unsaturated/α-hetero) is 1. The topological polar surface area (TPSA) is 43.4 Å². The average molecular weight is 307 g/mol. The number of allylic oxidation sites excluding steroid dienone is 1. The molecule has 0 bridgehead atoms. The van der Waals surface area contributed by atoms with Crippen molar-refractivity contribution in [3.8, 4) is 0 Å². The number of ether oxygens (including phenoxy) is 1. The van der Waals surface area contributed by atoms with E-state index in [0.717, 1.165) is 19.2 Å². The first-order chi connectivity index (χ1) is 9.24. The molecule has 0 saturated carbocycles. The number of rotatable bonds is 4. The fourth-order valence-electron chi connectivity index (χ4n) is 1.28. The van der Waals surface area contributed by atoms with Crippen LogP contribution in [0.5, 0.6) is 0 Å². The highest BCUT2D eigenvalue weighted by molar-refractivity contribution is 6.45. The number of hydrogen-bond donors (Lipinski definition) is 0. The molecule has 0 unspecified atom stereocenters. The minimum absolute atomic E-state index is 0.254. The number of carbonyl (C=O) groups excluding carboxylic acids is 2. The van der Waals surface area contributed by atoms with Crippen LogP contribution in [0.15, 0.2) is 29.3 Å². The summed E-state index contributed by atoms with van der Waals surface area (Å²) in [6, 6.07) is 4.11. The van der Waals surface area contributed by atoms with Crippen molar-refractivity contribution >= 4 is 29.4 Å². The van der Waals surface area contributed by atoms with Crippen LogP contribution in [0.2, 0.25) is 0 Å². The van der Waals surface area contributed by atoms with Gasteiger partial charge in [0, 0.05) is 0 Å². The number of halogens is 4. The number of carbonyl (C=O) groups is 2. The Morgan fingerprint density at radius 1 is 1.25 bits per heavy atom. The van der Waals surface area contributed by atoms with E-state index in [4.69, 9.17) is 11.6 Å². The average Bonchev–Trinajstić information content (AvgIpc) is 2.38. The molecule has 0 amide bonds. The quantitative estimate of drug-likeness (QED) is 0.486. The first-order valence-electron chi connectivity index (χ1n) is 5.38. The lowest BCUT2D eigenvalue weighted by atomic mass is 10.1. The Bertz CT molecular complexity index is 533. The van der Waals surface area contributed by atoms with E-state index in [1.165, 1.54) is 18.2 Å². The van der Waals surface area contributed by atoms with Crippen LogP contribution in [0, 0.1) is 0 Å². The molecule has 0 aliphatic carbocycles. The molecular weight excluding hydrogens is 297 g/mol. The van der Waals surface area contributed by atoms with Gasteiger partial charge in [-0.2, -0.15) is 13.2 Å². The van der Waals surface area contributed by atoms with E-state index in [9.17, 15) is 22.8 Å². The van der Waals surface area contributed by atoms with Crippen LogP contribution in [-0.2, 0) is 20.5 Å². The van der Waals surface area contributed by atoms with Gasteiger partial charge in [-0.15, -0.1) is 0 Å². The maximum atomic E-state index is 12.3. The van der Waals surface area contributed by atoms with Crippen molar-refractivity contribution in [2.24, 2.45) is 0 Å². The van der Waals surface area contributed by atoms with E-state index in [0.29, 0.717) is 5.56 Å². The van der Waals surface area contributed by atoms with Gasteiger partial charge in [-0.05, 0) is 23.8 Å². The van der Waals surface area contributed by atoms with Crippen molar-refractivity contribution in [2.45, 2.75) is 12.6 Å². The Kier molecular flexibility index (Phi) is 5.33. The number of esters is 1. The highest BCUT2D eigenvalue weighted by Gasteiger charge is 2.29. The van der Waals surface area contributed by atoms with Gasteiger partial charge in [0.15, 0.2) is 5.78 Å². The van der Waals surface area contributed by atoms with Gasteiger partial charge in [0.2, 0.25) is 0 Å². The Morgan fingerprint density at radius 2 is 1.80 bits per heavy atom. The summed E-state index contributed by atoms with van der Waals surface area (Å²) in [6.45, 7) is 0. The molecule has 0 heterocycles. The van der Waals surface area contributed by atoms with Crippen molar-refractivity contribution in [3.63, 3.8) is 0 Å². The fraction of sp³-hybridized carbons (Fsp3) is 0.231. The van der Waals surface area contributed by atoms with E-state index in [1.54, 1.807) is 0 Å². The van der Waals surface area contributed by atoms with Crippen LogP contribution in [0.3, 0.4) is 0 Å². The van der Waals surface area contributed by atoms with Crippen LogP contribution >= 0.6 is 11.6 Å². The number of methoxy groups -OCH3 is 1. The monoisotopic (exact) mass is 306 g/mol. The highest BCUT2D eigenvalue weighted by Crippen LogP contribution is 2.29. The summed E-state index contributed by atoms with van der Waals surface area (Å²) < 4.78 is 41.3. The summed E-state index contributed by atoms with van der Waals surface area (Å²) in [5.74, 6) is -1.41. The third-order valence-electron chi connectivity index (χ3n) is 2.33. The second-order valence-electron chi connectivity index (χ2n) is 3.79. The van der Waals surface area contributed by atoms with Gasteiger partial charge in [0.25, 0.3) is 0 Å². The summed E-state index contributed by atoms with van der Waals surface area (Å²) in [6.07, 6.45) is -3.76. The molecule has 1 rings (SSSR count). The maximum Gasteiger partial charge on any atom is 0.416 e. The molecular formula is C13H10ClF3O3. The van der Waals surface area contributed by atoms with Gasteiger partial charge >= 0.3 is 12.1 Å². The van der Waals surface area contributed by atoms with E-state index < -0.39 is 29.9 Å². The van der Waals surface area contributed by atoms with Crippen molar-refractivity contribution in [1.29, 1.82) is 0 Å². The molecule has 3 nitrogen and oxygen atoms in total. The first kappa shape index (κ1) is 16.2. The molecule has 0 N–H and O–H groups in total. The third kappa shape index (κ3) is 4.70. The summed E-state index contributed by atoms with van der Waals surface area (Å²) in [5.41, 5.74) is -0.479. The maximum absolute atomic E-state index is 12.3. The molecule has 108 valence electrons. The van der Waals surface area contributed by atoms with Crippen LogP contribution in [0.4, 0.5) is 13.2 Å². The van der Waals surface area contributed by atoms with Crippen molar-refractivity contribution in [2.75, 3.05) is 7.11 Å². The first-order valence-corrected chi connectivity index (χ1v) is 5.76. The molecule has 0 atom stereocenters. The third-order valence-corrected chi connectivity index (χ3v) is 2.65. The van der Waals surface area contributed by atoms with E-state index in [2.05, 4.69) is 4.74 Å². The summed E-state index contributed by atoms with van der Waals surface area (Å²) in [7, 11) is 1.13. The summed E-state index contributed by atoms with van der Waals surface area (Å²) in [5, 5.41) is -0.254. The van der Waals surface area contributed by atoms with Crippen LogP contribution in [0.1, 0.15) is 17.5 Å². The zero-order chi connectivity index (χ0) is 15.3. The number of hydrogen-bond acceptors (Lipinski definition) is 3. The zero-order valence-electron chi connectivity index (χ0n) is 10.3. The molecule has 7 heteroatoms. The van der Waals surface area contributed by atoms with Gasteiger partial charge in [0.1, 0.15) is 6.42 Å². The zero-order valence-corrected chi connectivity index (χ0v) is 11.1. The SMILES string of the molecule is COC(=O)CC(=O)/C(Cl)=C/c1ccc(C(F)(F)F)cc1. The summed E-state index contributed by atoms with van der Waals surface area (Å²) >= 11 is 5.68. The van der Waals surface area contributed by atoms with E-state index in [-0.39, 0.29) is 5.03 Å². The van der Waals surface area contributed by atoms with Crippen LogP contribution < -0.4 is 0 Å². The molecule has 0 aliphatic heterocycles. The Labute approximate surface area is 118 Å². The lowest BCUT2D eigenvalue weighted by Gasteiger charge is -2.06. The Morgan fingerprint density at radius 3 is 2.25 bits per heavy atom. The Hall–Kier alpha value is -1.82. The van der Waals surface area contributed by atoms with Crippen molar-refractivity contribution in [1.82, 2.24) is 0 Å². The van der Waals surface area contributed by atoms with Gasteiger partial charge < -0.3 is 4.74 Å². The molecule has 1 aromatic rings. The largest absolute Gasteiger partial charge is 0.469 e. The summed E-state index contributed by atoms with van der Waals surface area (Å²) in [4.78, 5) is 22.3.